The number of nitrogens with one attached hydrogen (secondary N) is 3. The maximum absolute atomic E-state index is 13.8. The lowest BCUT2D eigenvalue weighted by Crippen LogP contribution is -2.57. The van der Waals surface area contributed by atoms with Crippen LogP contribution < -0.4 is 42.8 Å². The number of allylic oxidation sites excluding steroid dienone is 2. The monoisotopic (exact) mass is 777 g/mol. The van der Waals surface area contributed by atoms with Crippen LogP contribution in [0.4, 0.5) is 23.3 Å². The van der Waals surface area contributed by atoms with E-state index in [0.29, 0.717) is 77.6 Å². The van der Waals surface area contributed by atoms with Gasteiger partial charge in [0.15, 0.2) is 5.52 Å². The van der Waals surface area contributed by atoms with Crippen molar-refractivity contribution < 1.29 is 23.9 Å². The molecule has 0 bridgehead atoms. The molecule has 0 spiro atoms. The minimum atomic E-state index is -0.646. The Morgan fingerprint density at radius 2 is 1.49 bits per heavy atom. The fraction of sp³-hybridized carbons (Fsp3) is 0.324. The number of carbonyl (C=O) groups excluding carboxylic acids is 4. The van der Waals surface area contributed by atoms with Crippen LogP contribution in [0.5, 0.6) is 0 Å². The van der Waals surface area contributed by atoms with Gasteiger partial charge in [0.1, 0.15) is 24.1 Å². The fourth-order valence-corrected chi connectivity index (χ4v) is 7.02. The van der Waals surface area contributed by atoms with Crippen molar-refractivity contribution in [1.29, 1.82) is 0 Å². The van der Waals surface area contributed by atoms with Crippen molar-refractivity contribution in [2.45, 2.75) is 60.3 Å². The number of nitrogens with zero attached hydrogens (tertiary/aromatic N) is 10. The lowest BCUT2D eigenvalue weighted by Gasteiger charge is -2.18. The molecule has 0 unspecified atom stereocenters. The van der Waals surface area contributed by atoms with E-state index < -0.39 is 23.6 Å². The Kier molecular flexibility index (Phi) is 10.1. The van der Waals surface area contributed by atoms with E-state index in [1.165, 1.54) is 4.68 Å². The number of aryl methyl sites for hydroxylation is 4. The first-order valence-corrected chi connectivity index (χ1v) is 18.5. The molecule has 1 aromatic carbocycles. The summed E-state index contributed by atoms with van der Waals surface area (Å²) in [7, 11) is 1.86. The number of rotatable bonds is 8. The molecule has 0 fully saturated rings. The van der Waals surface area contributed by atoms with E-state index in [1.807, 2.05) is 54.1 Å². The van der Waals surface area contributed by atoms with E-state index in [1.54, 1.807) is 46.7 Å². The van der Waals surface area contributed by atoms with Crippen molar-refractivity contribution in [2.24, 2.45) is 11.5 Å². The Labute approximate surface area is 326 Å². The third-order valence-corrected chi connectivity index (χ3v) is 9.81. The summed E-state index contributed by atoms with van der Waals surface area (Å²) >= 11 is 0. The Morgan fingerprint density at radius 3 is 2.19 bits per heavy atom. The maximum atomic E-state index is 13.8. The molecule has 296 valence electrons. The predicted molar refractivity (Wildman–Crippen MR) is 214 cm³/mol. The number of amides is 4. The summed E-state index contributed by atoms with van der Waals surface area (Å²) < 4.78 is 8.59. The summed E-state index contributed by atoms with van der Waals surface area (Å²) in [6, 6.07) is 6.56. The standard InChI is InChI=1S/C37H44N16O4/c1-6-51-27(15-20(3)46-51)33(56)44-36-42-25-17-22(31(39)54)16-24-29(25)49(36)13-8-9-14-50-35-26(18-23(32(40)55)19-53(35)48(5)12-10-11-41-24)43-37(50)45-34(57)30-28(38)21(4)47-52(30)7-2/h8-9,15-19,41H,6-7,10-14H2,1-5H3,(H7-,38,39,40,42,43,44,45,54,55,56,57)/p+1/b9-8+. The zero-order valence-corrected chi connectivity index (χ0v) is 32.3. The first-order chi connectivity index (χ1) is 27.3. The van der Waals surface area contributed by atoms with Gasteiger partial charge < -0.3 is 27.1 Å². The molecule has 5 aromatic heterocycles. The molecule has 4 amide bonds. The highest BCUT2D eigenvalue weighted by Gasteiger charge is 2.29. The number of hydrogen-bond acceptors (Lipinski definition) is 11. The Bertz CT molecular complexity index is 2630. The Balaban J connectivity index is 1.34. The van der Waals surface area contributed by atoms with Gasteiger partial charge in [-0.3, -0.25) is 39.2 Å². The van der Waals surface area contributed by atoms with Crippen LogP contribution in [0.25, 0.3) is 22.2 Å². The largest absolute Gasteiger partial charge is 0.395 e. The van der Waals surface area contributed by atoms with Gasteiger partial charge in [0.25, 0.3) is 17.7 Å². The number of pyridine rings is 1. The summed E-state index contributed by atoms with van der Waals surface area (Å²) in [5.41, 5.74) is 23.0. The first kappa shape index (κ1) is 38.0. The number of nitrogen functional groups attached to an aromatic ring is 1. The molecule has 0 saturated heterocycles. The van der Waals surface area contributed by atoms with Crippen molar-refractivity contribution in [2.75, 3.05) is 46.8 Å². The predicted octanol–water partition coefficient (Wildman–Crippen LogP) is 1.65. The summed E-state index contributed by atoms with van der Waals surface area (Å²) in [6.07, 6.45) is 5.99. The number of aromatic nitrogens is 9. The molecule has 6 heterocycles. The highest BCUT2D eigenvalue weighted by molar-refractivity contribution is 6.07. The normalized spacial score (nSPS) is 13.9. The summed E-state index contributed by atoms with van der Waals surface area (Å²) in [4.78, 5) is 62.1. The second-order valence-corrected chi connectivity index (χ2v) is 13.7. The van der Waals surface area contributed by atoms with E-state index in [0.717, 1.165) is 0 Å². The third-order valence-electron chi connectivity index (χ3n) is 9.81. The van der Waals surface area contributed by atoms with Crippen LogP contribution in [0.15, 0.2) is 42.6 Å². The van der Waals surface area contributed by atoms with Crippen molar-refractivity contribution in [1.82, 2.24) is 38.7 Å². The van der Waals surface area contributed by atoms with Gasteiger partial charge in [0.05, 0.1) is 45.9 Å². The Hall–Kier alpha value is -7.25. The Morgan fingerprint density at radius 1 is 0.842 bits per heavy atom. The summed E-state index contributed by atoms with van der Waals surface area (Å²) in [6.45, 7) is 9.58. The van der Waals surface area contributed by atoms with Crippen LogP contribution >= 0.6 is 0 Å². The minimum Gasteiger partial charge on any atom is -0.395 e. The van der Waals surface area contributed by atoms with Crippen molar-refractivity contribution in [3.8, 4) is 0 Å². The highest BCUT2D eigenvalue weighted by Crippen LogP contribution is 2.30. The number of anilines is 4. The smallest absolute Gasteiger partial charge is 0.334 e. The molecule has 0 aliphatic carbocycles. The van der Waals surface area contributed by atoms with E-state index in [2.05, 4.69) is 26.1 Å². The second-order valence-electron chi connectivity index (χ2n) is 13.7. The lowest BCUT2D eigenvalue weighted by molar-refractivity contribution is -0.667. The molecular weight excluding hydrogens is 733 g/mol. The summed E-state index contributed by atoms with van der Waals surface area (Å²) in [5, 5.41) is 20.1. The molecular formula is C37H45N16O4+. The molecule has 1 aliphatic heterocycles. The number of benzene rings is 1. The van der Waals surface area contributed by atoms with Crippen molar-refractivity contribution in [3.05, 3.63) is 76.5 Å². The van der Waals surface area contributed by atoms with Crippen molar-refractivity contribution >= 4 is 69.1 Å². The number of hydrogen-bond donors (Lipinski definition) is 6. The van der Waals surface area contributed by atoms with Crippen molar-refractivity contribution in [3.63, 3.8) is 0 Å². The molecule has 57 heavy (non-hydrogen) atoms. The van der Waals surface area contributed by atoms with Crippen LogP contribution in [0.2, 0.25) is 0 Å². The van der Waals surface area contributed by atoms with Crippen LogP contribution in [0.1, 0.15) is 73.3 Å². The van der Waals surface area contributed by atoms with E-state index >= 15 is 0 Å². The van der Waals surface area contributed by atoms with Gasteiger partial charge >= 0.3 is 11.6 Å². The third kappa shape index (κ3) is 7.07. The van der Waals surface area contributed by atoms with Gasteiger partial charge in [-0.25, -0.2) is 9.99 Å². The zero-order chi connectivity index (χ0) is 40.7. The number of carbonyl (C=O) groups is 4. The molecule has 20 nitrogen and oxygen atoms in total. The molecule has 0 radical (unpaired) electrons. The van der Waals surface area contributed by atoms with Gasteiger partial charge in [-0.05, 0) is 64.5 Å². The van der Waals surface area contributed by atoms with Crippen LogP contribution in [0, 0.1) is 13.8 Å². The van der Waals surface area contributed by atoms with Gasteiger partial charge in [-0.15, -0.1) is 4.68 Å². The van der Waals surface area contributed by atoms with E-state index in [4.69, 9.17) is 27.2 Å². The van der Waals surface area contributed by atoms with Gasteiger partial charge in [0, 0.05) is 38.8 Å². The quantitative estimate of drug-likeness (QED) is 0.0956. The molecule has 0 saturated carbocycles. The van der Waals surface area contributed by atoms with Gasteiger partial charge in [0.2, 0.25) is 11.9 Å². The van der Waals surface area contributed by atoms with Crippen LogP contribution in [-0.2, 0) is 26.2 Å². The van der Waals surface area contributed by atoms with E-state index in [9.17, 15) is 19.2 Å². The molecule has 9 N–H and O–H groups in total. The first-order valence-electron chi connectivity index (χ1n) is 18.5. The highest BCUT2D eigenvalue weighted by atomic mass is 16.2. The number of imidazole rings is 2. The zero-order valence-electron chi connectivity index (χ0n) is 32.3. The summed E-state index contributed by atoms with van der Waals surface area (Å²) in [5.74, 6) is -1.74. The molecule has 7 rings (SSSR count). The molecule has 0 atom stereocenters. The number of nitrogens with two attached hydrogens (primary N) is 3. The van der Waals surface area contributed by atoms with E-state index in [-0.39, 0.29) is 47.5 Å². The van der Waals surface area contributed by atoms with Gasteiger partial charge in [-0.1, -0.05) is 6.08 Å². The SMILES string of the molecule is CCn1nc(C)cc1C(=O)Nc1nc2cc(C(N)=O)cc3c2n1C/C=C/Cn1c(NC(=O)c2c(N)c(C)nn2CC)nc2cc(C(N)=O)c[n+](c21)N(C)CCCN3. The molecule has 1 aliphatic rings. The minimum absolute atomic E-state index is 0.195. The second kappa shape index (κ2) is 15.1. The fourth-order valence-electron chi connectivity index (χ4n) is 7.02. The maximum Gasteiger partial charge on any atom is 0.334 e. The average Bonchev–Trinajstić information content (AvgIpc) is 3.91. The van der Waals surface area contributed by atoms with Crippen LogP contribution in [0.3, 0.4) is 0 Å². The van der Waals surface area contributed by atoms with Crippen LogP contribution in [-0.4, -0.2) is 82.4 Å². The number of primary amides is 2. The molecule has 6 aromatic rings. The average molecular weight is 778 g/mol. The topological polar surface area (TPSA) is 261 Å². The lowest BCUT2D eigenvalue weighted by atomic mass is 10.1. The van der Waals surface area contributed by atoms with Gasteiger partial charge in [-0.2, -0.15) is 19.7 Å². The molecule has 20 heteroatoms.